The number of hydrogen-bond donors (Lipinski definition) is 0. The van der Waals surface area contributed by atoms with Gasteiger partial charge in [0.15, 0.2) is 15.3 Å². The van der Waals surface area contributed by atoms with Crippen molar-refractivity contribution < 1.29 is 31.5 Å². The van der Waals surface area contributed by atoms with E-state index < -0.39 is 27.0 Å². The van der Waals surface area contributed by atoms with Crippen molar-refractivity contribution in [2.45, 2.75) is 49.3 Å². The van der Waals surface area contributed by atoms with Gasteiger partial charge in [-0.2, -0.15) is 13.2 Å². The van der Waals surface area contributed by atoms with Gasteiger partial charge in [-0.25, -0.2) is 4.79 Å². The molecule has 0 saturated carbocycles. The first-order valence-corrected chi connectivity index (χ1v) is 13.4. The Morgan fingerprint density at radius 2 is 1.69 bits per heavy atom. The molecule has 2 aromatic rings. The van der Waals surface area contributed by atoms with Crippen molar-refractivity contribution in [3.05, 3.63) is 53.9 Å². The lowest BCUT2D eigenvalue weighted by molar-refractivity contribution is -0.138. The van der Waals surface area contributed by atoms with Crippen molar-refractivity contribution in [2.24, 2.45) is 5.92 Å². The minimum absolute atomic E-state index is 0.0245. The van der Waals surface area contributed by atoms with E-state index in [4.69, 9.17) is 0 Å². The fourth-order valence-electron chi connectivity index (χ4n) is 5.38. The Bertz CT molecular complexity index is 1200. The topological polar surface area (TPSA) is 88.9 Å². The van der Waals surface area contributed by atoms with Gasteiger partial charge >= 0.3 is 12.2 Å². The van der Waals surface area contributed by atoms with Crippen LogP contribution in [0.3, 0.4) is 0 Å². The predicted octanol–water partition coefficient (Wildman–Crippen LogP) is 3.60. The lowest BCUT2D eigenvalue weighted by Gasteiger charge is -2.39. The zero-order valence-corrected chi connectivity index (χ0v) is 20.3. The summed E-state index contributed by atoms with van der Waals surface area (Å²) in [6, 6.07) is 7.55. The monoisotopic (exact) mass is 524 g/mol. The van der Waals surface area contributed by atoms with Crippen LogP contribution in [0.2, 0.25) is 0 Å². The average Bonchev–Trinajstić information content (AvgIpc) is 3.46. The molecule has 194 valence electrons. The molecule has 2 fully saturated rings. The van der Waals surface area contributed by atoms with Gasteiger partial charge in [0, 0.05) is 56.1 Å². The summed E-state index contributed by atoms with van der Waals surface area (Å²) in [5.74, 6) is -0.354. The molecule has 2 saturated heterocycles. The Balaban J connectivity index is 1.14. The van der Waals surface area contributed by atoms with Crippen LogP contribution in [0.5, 0.6) is 0 Å². The Kier molecular flexibility index (Phi) is 6.46. The molecule has 8 nitrogen and oxygen atoms in total. The van der Waals surface area contributed by atoms with E-state index in [0.717, 1.165) is 28.2 Å². The Morgan fingerprint density at radius 3 is 2.33 bits per heavy atom. The summed E-state index contributed by atoms with van der Waals surface area (Å²) in [6.45, 7) is 1.79. The standard InChI is InChI=1S/C24H27F3N4O4S/c25-24(26,27)18-3-1-5-21(15-18)36(34,35)29-13-6-17(7-14-29)22(32)28-11-8-19(9-12-28)31-16-20-4-2-10-30(20)23(31)33/h1-5,10,15,17,19H,6-9,11-14,16H2. The van der Waals surface area contributed by atoms with Crippen molar-refractivity contribution in [3.8, 4) is 0 Å². The van der Waals surface area contributed by atoms with Crippen LogP contribution >= 0.6 is 0 Å². The Morgan fingerprint density at radius 1 is 1.00 bits per heavy atom. The molecule has 36 heavy (non-hydrogen) atoms. The fraction of sp³-hybridized carbons (Fsp3) is 0.500. The van der Waals surface area contributed by atoms with Crippen LogP contribution in [0.25, 0.3) is 0 Å². The maximum absolute atomic E-state index is 13.1. The van der Waals surface area contributed by atoms with E-state index in [2.05, 4.69) is 0 Å². The highest BCUT2D eigenvalue weighted by atomic mass is 32.3. The third-order valence-corrected chi connectivity index (χ3v) is 9.33. The SMILES string of the molecule is O=C(C1CCN([S+](=O)([O-])c2cccc(C(F)(F)F)c2)CC1)N1CCC(N2Cc3cccn3C2=O)CC1. The molecule has 4 heterocycles. The molecule has 0 radical (unpaired) electrons. The Hall–Kier alpha value is -2.70. The molecule has 1 atom stereocenters. The highest BCUT2D eigenvalue weighted by Crippen LogP contribution is 2.34. The smallest absolute Gasteiger partial charge is 0.416 e. The van der Waals surface area contributed by atoms with Crippen molar-refractivity contribution in [1.29, 1.82) is 0 Å². The molecule has 0 spiro atoms. The highest BCUT2D eigenvalue weighted by molar-refractivity contribution is 7.95. The second kappa shape index (κ2) is 9.31. The van der Waals surface area contributed by atoms with Crippen LogP contribution in [0.4, 0.5) is 18.0 Å². The van der Waals surface area contributed by atoms with Crippen LogP contribution in [0.15, 0.2) is 47.5 Å². The van der Waals surface area contributed by atoms with Crippen molar-refractivity contribution >= 4 is 22.3 Å². The van der Waals surface area contributed by atoms with Gasteiger partial charge in [-0.05, 0) is 49.9 Å². The number of aromatic nitrogens is 1. The van der Waals surface area contributed by atoms with E-state index in [1.54, 1.807) is 15.7 Å². The number of sulfonamides is 1. The van der Waals surface area contributed by atoms with E-state index in [1.807, 2.05) is 17.0 Å². The second-order valence-electron chi connectivity index (χ2n) is 9.54. The first-order valence-electron chi connectivity index (χ1n) is 12.0. The first-order chi connectivity index (χ1) is 17.1. The normalized spacial score (nSPS) is 22.1. The summed E-state index contributed by atoms with van der Waals surface area (Å²) in [6.07, 6.45) is -0.870. The molecule has 1 unspecified atom stereocenters. The van der Waals surface area contributed by atoms with E-state index in [1.165, 1.54) is 0 Å². The second-order valence-corrected chi connectivity index (χ2v) is 11.5. The number of likely N-dealkylation sites (tertiary alicyclic amines) is 1. The molecule has 1 aromatic heterocycles. The van der Waals surface area contributed by atoms with Gasteiger partial charge in [0.2, 0.25) is 5.91 Å². The third-order valence-electron chi connectivity index (χ3n) is 7.44. The highest BCUT2D eigenvalue weighted by Gasteiger charge is 2.40. The minimum atomic E-state index is -4.63. The van der Waals surface area contributed by atoms with Crippen LogP contribution in [0, 0.1) is 5.92 Å². The number of rotatable bonds is 4. The molecule has 0 N–H and O–H groups in total. The van der Waals surface area contributed by atoms with Gasteiger partial charge in [0.25, 0.3) is 0 Å². The molecular formula is C24H27F3N4O4S. The summed E-state index contributed by atoms with van der Waals surface area (Å²) >= 11 is 0. The molecule has 1 aromatic carbocycles. The summed E-state index contributed by atoms with van der Waals surface area (Å²) < 4.78 is 67.7. The molecule has 12 heteroatoms. The number of halogens is 3. The summed E-state index contributed by atoms with van der Waals surface area (Å²) in [4.78, 5) is 29.0. The number of carbonyl (C=O) groups excluding carboxylic acids is 2. The lowest BCUT2D eigenvalue weighted by Crippen LogP contribution is -2.50. The number of alkyl halides is 3. The van der Waals surface area contributed by atoms with Crippen LogP contribution in [-0.2, 0) is 32.1 Å². The van der Waals surface area contributed by atoms with Crippen molar-refractivity contribution in [2.75, 3.05) is 26.2 Å². The molecule has 5 rings (SSSR count). The van der Waals surface area contributed by atoms with E-state index in [-0.39, 0.29) is 37.0 Å². The number of fused-ring (bicyclic) bond motifs is 1. The van der Waals surface area contributed by atoms with Gasteiger partial charge in [0.05, 0.1) is 12.1 Å². The van der Waals surface area contributed by atoms with Gasteiger partial charge in [-0.3, -0.25) is 9.36 Å². The maximum atomic E-state index is 13.1. The molecule has 3 aliphatic rings. The third kappa shape index (κ3) is 4.57. The Labute approximate surface area is 208 Å². The molecule has 2 amide bonds. The predicted molar refractivity (Wildman–Crippen MR) is 123 cm³/mol. The number of hydrogen-bond acceptors (Lipinski definition) is 4. The maximum Gasteiger partial charge on any atom is 0.416 e. The van der Waals surface area contributed by atoms with Crippen molar-refractivity contribution in [3.63, 3.8) is 0 Å². The van der Waals surface area contributed by atoms with Crippen LogP contribution < -0.4 is 0 Å². The van der Waals surface area contributed by atoms with Gasteiger partial charge in [-0.15, -0.1) is 4.31 Å². The van der Waals surface area contributed by atoms with E-state index >= 15 is 0 Å². The average molecular weight is 525 g/mol. The lowest BCUT2D eigenvalue weighted by atomic mass is 9.94. The summed E-state index contributed by atoms with van der Waals surface area (Å²) in [7, 11) is -4.09. The molecular weight excluding hydrogens is 497 g/mol. The summed E-state index contributed by atoms with van der Waals surface area (Å²) in [5.41, 5.74) is -0.0494. The number of benzene rings is 1. The van der Waals surface area contributed by atoms with Crippen LogP contribution in [-0.4, -0.2) is 67.4 Å². The quantitative estimate of drug-likeness (QED) is 0.572. The van der Waals surface area contributed by atoms with Crippen molar-refractivity contribution in [1.82, 2.24) is 18.7 Å². The zero-order chi connectivity index (χ0) is 25.7. The van der Waals surface area contributed by atoms with Crippen LogP contribution in [0.1, 0.15) is 36.9 Å². The molecule has 3 aliphatic heterocycles. The zero-order valence-electron chi connectivity index (χ0n) is 19.5. The van der Waals surface area contributed by atoms with Gasteiger partial charge in [0.1, 0.15) is 0 Å². The number of nitrogens with zero attached hydrogens (tertiary/aromatic N) is 4. The minimum Gasteiger partial charge on any atom is -0.593 e. The fourth-order valence-corrected chi connectivity index (χ4v) is 6.89. The molecule has 0 bridgehead atoms. The van der Waals surface area contributed by atoms with E-state index in [0.29, 0.717) is 51.4 Å². The largest absolute Gasteiger partial charge is 0.593 e. The first kappa shape index (κ1) is 25.0. The number of carbonyl (C=O) groups is 2. The van der Waals surface area contributed by atoms with Gasteiger partial charge < -0.3 is 14.4 Å². The van der Waals surface area contributed by atoms with Gasteiger partial charge in [-0.1, -0.05) is 10.3 Å². The van der Waals surface area contributed by atoms with E-state index in [9.17, 15) is 31.5 Å². The number of amides is 2. The number of piperidine rings is 2. The summed E-state index contributed by atoms with van der Waals surface area (Å²) in [5, 5.41) is 0. The molecule has 0 aliphatic carbocycles.